The van der Waals surface area contributed by atoms with Gasteiger partial charge in [0, 0.05) is 44.6 Å². The number of ether oxygens (including phenoxy) is 1. The summed E-state index contributed by atoms with van der Waals surface area (Å²) in [6.45, 7) is 2.21. The first-order valence-electron chi connectivity index (χ1n) is 10.5. The molecule has 1 aliphatic rings. The minimum Gasteiger partial charge on any atom is -0.383 e. The van der Waals surface area contributed by atoms with Gasteiger partial charge >= 0.3 is 0 Å². The number of rotatable bonds is 9. The highest BCUT2D eigenvalue weighted by Gasteiger charge is 2.32. The van der Waals surface area contributed by atoms with E-state index in [1.165, 1.54) is 9.71 Å². The Kier molecular flexibility index (Phi) is 8.40. The molecule has 7 heteroatoms. The van der Waals surface area contributed by atoms with Crippen molar-refractivity contribution >= 4 is 22.0 Å². The lowest BCUT2D eigenvalue weighted by molar-refractivity contribution is -0.138. The number of piperidine rings is 1. The minimum atomic E-state index is -3.51. The van der Waals surface area contributed by atoms with Crippen LogP contribution in [0.3, 0.4) is 0 Å². The molecule has 166 valence electrons. The summed E-state index contributed by atoms with van der Waals surface area (Å²) in [4.78, 5) is 15.0. The lowest BCUT2D eigenvalue weighted by Crippen LogP contribution is -2.44. The fourth-order valence-electron chi connectivity index (χ4n) is 3.70. The standard InChI is InChI=1S/C24H30N2O4S/c1-30-18-17-25(20-22-10-6-3-7-11-22)24(27)23-12-15-26(16-13-23)31(28,29)19-14-21-8-4-2-5-9-21/h2-11,14,19,23H,12-13,15-18,20H2,1H3/b19-14+. The molecule has 1 amide bonds. The Labute approximate surface area is 185 Å². The molecular formula is C24H30N2O4S. The number of hydrogen-bond donors (Lipinski definition) is 0. The van der Waals surface area contributed by atoms with Crippen molar-refractivity contribution < 1.29 is 17.9 Å². The van der Waals surface area contributed by atoms with E-state index in [1.807, 2.05) is 65.6 Å². The summed E-state index contributed by atoms with van der Waals surface area (Å²) in [6.07, 6.45) is 2.66. The SMILES string of the molecule is COCCN(Cc1ccccc1)C(=O)C1CCN(S(=O)(=O)/C=C/c2ccccc2)CC1. The predicted molar refractivity (Wildman–Crippen MR) is 122 cm³/mol. The van der Waals surface area contributed by atoms with Crippen molar-refractivity contribution in [3.05, 3.63) is 77.2 Å². The smallest absolute Gasteiger partial charge is 0.236 e. The molecule has 0 saturated carbocycles. The minimum absolute atomic E-state index is 0.0674. The summed E-state index contributed by atoms with van der Waals surface area (Å²) < 4.78 is 32.0. The first kappa shape index (κ1) is 23.2. The molecule has 0 aromatic heterocycles. The first-order valence-corrected chi connectivity index (χ1v) is 12.0. The number of methoxy groups -OCH3 is 1. The molecule has 0 radical (unpaired) electrons. The third-order valence-corrected chi connectivity index (χ3v) is 7.05. The van der Waals surface area contributed by atoms with Gasteiger partial charge in [-0.25, -0.2) is 8.42 Å². The van der Waals surface area contributed by atoms with Crippen LogP contribution in [0.15, 0.2) is 66.1 Å². The van der Waals surface area contributed by atoms with Gasteiger partial charge in [0.15, 0.2) is 0 Å². The number of hydrogen-bond acceptors (Lipinski definition) is 4. The van der Waals surface area contributed by atoms with Crippen molar-refractivity contribution in [1.29, 1.82) is 0 Å². The lowest BCUT2D eigenvalue weighted by atomic mass is 9.96. The third-order valence-electron chi connectivity index (χ3n) is 5.49. The molecule has 1 saturated heterocycles. The maximum atomic E-state index is 13.2. The highest BCUT2D eigenvalue weighted by molar-refractivity contribution is 7.92. The molecule has 6 nitrogen and oxygen atoms in total. The molecule has 0 bridgehead atoms. The van der Waals surface area contributed by atoms with E-state index >= 15 is 0 Å². The number of benzene rings is 2. The second-order valence-electron chi connectivity index (χ2n) is 7.67. The topological polar surface area (TPSA) is 66.9 Å². The Morgan fingerprint density at radius 1 is 1.06 bits per heavy atom. The summed E-state index contributed by atoms with van der Waals surface area (Å²) >= 11 is 0. The third kappa shape index (κ3) is 6.75. The van der Waals surface area contributed by atoms with Crippen LogP contribution in [0.1, 0.15) is 24.0 Å². The molecule has 1 aliphatic heterocycles. The van der Waals surface area contributed by atoms with Crippen LogP contribution in [0.5, 0.6) is 0 Å². The zero-order valence-electron chi connectivity index (χ0n) is 17.9. The van der Waals surface area contributed by atoms with Gasteiger partial charge in [-0.3, -0.25) is 4.79 Å². The van der Waals surface area contributed by atoms with E-state index in [4.69, 9.17) is 4.74 Å². The van der Waals surface area contributed by atoms with Crippen LogP contribution in [-0.4, -0.2) is 56.9 Å². The molecular weight excluding hydrogens is 412 g/mol. The van der Waals surface area contributed by atoms with E-state index in [-0.39, 0.29) is 11.8 Å². The molecule has 2 aromatic carbocycles. The number of carbonyl (C=O) groups excluding carboxylic acids is 1. The number of nitrogens with zero attached hydrogens (tertiary/aromatic N) is 2. The molecule has 0 spiro atoms. The Bertz CT molecular complexity index is 954. The quantitative estimate of drug-likeness (QED) is 0.597. The molecule has 31 heavy (non-hydrogen) atoms. The van der Waals surface area contributed by atoms with Gasteiger partial charge in [0.05, 0.1) is 6.61 Å². The van der Waals surface area contributed by atoms with Gasteiger partial charge in [-0.15, -0.1) is 0 Å². The normalized spacial score (nSPS) is 15.9. The van der Waals surface area contributed by atoms with Crippen molar-refractivity contribution in [3.63, 3.8) is 0 Å². The van der Waals surface area contributed by atoms with Crippen LogP contribution in [-0.2, 0) is 26.1 Å². The van der Waals surface area contributed by atoms with E-state index in [0.29, 0.717) is 45.6 Å². The molecule has 1 fully saturated rings. The number of carbonyl (C=O) groups is 1. The Balaban J connectivity index is 1.60. The second-order valence-corrected chi connectivity index (χ2v) is 9.49. The fraction of sp³-hybridized carbons (Fsp3) is 0.375. The summed E-state index contributed by atoms with van der Waals surface area (Å²) in [5.41, 5.74) is 1.91. The molecule has 0 aliphatic carbocycles. The van der Waals surface area contributed by atoms with E-state index in [0.717, 1.165) is 11.1 Å². The van der Waals surface area contributed by atoms with E-state index in [2.05, 4.69) is 0 Å². The maximum absolute atomic E-state index is 13.2. The van der Waals surface area contributed by atoms with Crippen molar-refractivity contribution in [2.75, 3.05) is 33.4 Å². The molecule has 1 heterocycles. The van der Waals surface area contributed by atoms with Gasteiger partial charge in [0.1, 0.15) is 0 Å². The summed E-state index contributed by atoms with van der Waals surface area (Å²) in [6, 6.07) is 19.2. The molecule has 0 unspecified atom stereocenters. The highest BCUT2D eigenvalue weighted by atomic mass is 32.2. The zero-order chi connectivity index (χ0) is 22.1. The van der Waals surface area contributed by atoms with Gasteiger partial charge in [-0.1, -0.05) is 60.7 Å². The Morgan fingerprint density at radius 3 is 2.29 bits per heavy atom. The van der Waals surface area contributed by atoms with Crippen LogP contribution in [0.4, 0.5) is 0 Å². The average molecular weight is 443 g/mol. The lowest BCUT2D eigenvalue weighted by Gasteiger charge is -2.33. The van der Waals surface area contributed by atoms with Crippen molar-refractivity contribution in [3.8, 4) is 0 Å². The maximum Gasteiger partial charge on any atom is 0.236 e. The molecule has 3 rings (SSSR count). The number of sulfonamides is 1. The van der Waals surface area contributed by atoms with Crippen molar-refractivity contribution in [2.45, 2.75) is 19.4 Å². The molecule has 0 N–H and O–H groups in total. The Hall–Kier alpha value is -2.48. The van der Waals surface area contributed by atoms with Gasteiger partial charge in [0.2, 0.25) is 15.9 Å². The predicted octanol–water partition coefficient (Wildman–Crippen LogP) is 3.37. The highest BCUT2D eigenvalue weighted by Crippen LogP contribution is 2.23. The zero-order valence-corrected chi connectivity index (χ0v) is 18.7. The second kappa shape index (κ2) is 11.2. The van der Waals surface area contributed by atoms with Crippen LogP contribution in [0.2, 0.25) is 0 Å². The van der Waals surface area contributed by atoms with Crippen LogP contribution in [0, 0.1) is 5.92 Å². The number of amides is 1. The van der Waals surface area contributed by atoms with Crippen LogP contribution >= 0.6 is 0 Å². The van der Waals surface area contributed by atoms with Gasteiger partial charge in [-0.05, 0) is 30.0 Å². The van der Waals surface area contributed by atoms with E-state index in [1.54, 1.807) is 13.2 Å². The summed E-state index contributed by atoms with van der Waals surface area (Å²) in [5.74, 6) is -0.108. The van der Waals surface area contributed by atoms with Crippen molar-refractivity contribution in [2.24, 2.45) is 5.92 Å². The van der Waals surface area contributed by atoms with Crippen LogP contribution < -0.4 is 0 Å². The Morgan fingerprint density at radius 2 is 1.68 bits per heavy atom. The summed E-state index contributed by atoms with van der Waals surface area (Å²) in [7, 11) is -1.88. The van der Waals surface area contributed by atoms with Crippen molar-refractivity contribution in [1.82, 2.24) is 9.21 Å². The van der Waals surface area contributed by atoms with E-state index in [9.17, 15) is 13.2 Å². The van der Waals surface area contributed by atoms with Gasteiger partial charge in [0.25, 0.3) is 0 Å². The van der Waals surface area contributed by atoms with Crippen LogP contribution in [0.25, 0.3) is 6.08 Å². The molecule has 2 aromatic rings. The monoisotopic (exact) mass is 442 g/mol. The van der Waals surface area contributed by atoms with E-state index < -0.39 is 10.0 Å². The summed E-state index contributed by atoms with van der Waals surface area (Å²) in [5, 5.41) is 1.25. The first-order chi connectivity index (χ1) is 15.0. The van der Waals surface area contributed by atoms with Gasteiger partial charge < -0.3 is 9.64 Å². The largest absolute Gasteiger partial charge is 0.383 e. The average Bonchev–Trinajstić information content (AvgIpc) is 2.81. The fourth-order valence-corrected chi connectivity index (χ4v) is 4.92. The molecule has 0 atom stereocenters. The van der Waals surface area contributed by atoms with Gasteiger partial charge in [-0.2, -0.15) is 4.31 Å².